The molecule has 5 atom stereocenters. The van der Waals surface area contributed by atoms with Gasteiger partial charge in [-0.1, -0.05) is 17.0 Å². The molecule has 0 saturated carbocycles. The fourth-order valence-electron chi connectivity index (χ4n) is 3.47. The molecule has 1 aliphatic heterocycles. The molecule has 5 unspecified atom stereocenters. The first-order valence-corrected chi connectivity index (χ1v) is 10.7. The minimum atomic E-state index is -1.63. The van der Waals surface area contributed by atoms with E-state index in [1.807, 2.05) is 0 Å². The molecule has 3 aromatic rings. The Morgan fingerprint density at radius 1 is 1.18 bits per heavy atom. The van der Waals surface area contributed by atoms with Crippen LogP contribution < -0.4 is 5.73 Å². The Morgan fingerprint density at radius 3 is 2.47 bits per heavy atom. The van der Waals surface area contributed by atoms with E-state index in [-0.39, 0.29) is 17.0 Å². The van der Waals surface area contributed by atoms with Crippen molar-refractivity contribution in [2.24, 2.45) is 5.73 Å². The van der Waals surface area contributed by atoms with Gasteiger partial charge in [0.1, 0.15) is 41.2 Å². The molecule has 0 radical (unpaired) electrons. The van der Waals surface area contributed by atoms with E-state index >= 15 is 0 Å². The number of aromatic nitrogens is 4. The molecule has 1 amide bonds. The number of amides is 1. The van der Waals surface area contributed by atoms with Gasteiger partial charge in [-0.25, -0.2) is 22.8 Å². The third-order valence-electron chi connectivity index (χ3n) is 5.18. The third kappa shape index (κ3) is 4.63. The van der Waals surface area contributed by atoms with Crippen molar-refractivity contribution < 1.29 is 38.0 Å². The molecule has 1 aromatic carbocycles. The van der Waals surface area contributed by atoms with Crippen LogP contribution in [0.3, 0.4) is 0 Å². The number of hydrogen-bond acceptors (Lipinski definition) is 9. The molecule has 1 saturated heterocycles. The highest BCUT2D eigenvalue weighted by molar-refractivity contribution is 7.99. The number of aliphatic hydroxyl groups is 3. The number of aliphatic hydroxyl groups excluding tert-OH is 3. The van der Waals surface area contributed by atoms with Gasteiger partial charge in [0.15, 0.2) is 17.5 Å². The maximum Gasteiger partial charge on any atom is 0.267 e. The first-order chi connectivity index (χ1) is 16.2. The largest absolute Gasteiger partial charge is 0.394 e. The van der Waals surface area contributed by atoms with Gasteiger partial charge in [0.25, 0.3) is 5.91 Å². The summed E-state index contributed by atoms with van der Waals surface area (Å²) in [5.41, 5.74) is 4.05. The zero-order valence-electron chi connectivity index (χ0n) is 17.1. The maximum atomic E-state index is 13.6. The zero-order valence-corrected chi connectivity index (χ0v) is 17.9. The first kappa shape index (κ1) is 24.1. The number of pyridine rings is 1. The standard InChI is InChI=1S/C20H18F3N5O5S/c21-10-3-8(4-11(22)15(10)23)13-6-28(27-26-13)16-17(30)14(7-29)33-20(18(16)31)34-9-1-2-12(19(24)32)25-5-9/h1-6,14,16-18,20,29-31H,7H2,(H2,24,32). The number of carbonyl (C=O) groups excluding carboxylic acids is 1. The van der Waals surface area contributed by atoms with Crippen molar-refractivity contribution in [2.45, 2.75) is 34.7 Å². The van der Waals surface area contributed by atoms with Crippen molar-refractivity contribution in [3.8, 4) is 11.3 Å². The highest BCUT2D eigenvalue weighted by Crippen LogP contribution is 2.38. The number of rotatable bonds is 6. The van der Waals surface area contributed by atoms with Crippen LogP contribution in [0.4, 0.5) is 13.2 Å². The fourth-order valence-corrected chi connectivity index (χ4v) is 4.49. The van der Waals surface area contributed by atoms with E-state index in [4.69, 9.17) is 10.5 Å². The van der Waals surface area contributed by atoms with Crippen LogP contribution in [0.1, 0.15) is 16.5 Å². The average molecular weight is 497 g/mol. The Morgan fingerprint density at radius 2 is 1.88 bits per heavy atom. The third-order valence-corrected chi connectivity index (χ3v) is 6.32. The van der Waals surface area contributed by atoms with Crippen molar-refractivity contribution in [1.29, 1.82) is 0 Å². The number of primary amides is 1. The maximum absolute atomic E-state index is 13.6. The highest BCUT2D eigenvalue weighted by Gasteiger charge is 2.46. The van der Waals surface area contributed by atoms with E-state index in [9.17, 15) is 33.3 Å². The van der Waals surface area contributed by atoms with E-state index < -0.39 is 59.8 Å². The summed E-state index contributed by atoms with van der Waals surface area (Å²) < 4.78 is 47.2. The summed E-state index contributed by atoms with van der Waals surface area (Å²) in [7, 11) is 0. The topological polar surface area (TPSA) is 157 Å². The molecule has 4 rings (SSSR count). The summed E-state index contributed by atoms with van der Waals surface area (Å²) in [6, 6.07) is 3.23. The number of carbonyl (C=O) groups is 1. The summed E-state index contributed by atoms with van der Waals surface area (Å²) in [4.78, 5) is 15.6. The Labute approximate surface area is 194 Å². The van der Waals surface area contributed by atoms with Gasteiger partial charge in [0.05, 0.1) is 12.8 Å². The molecule has 180 valence electrons. The fraction of sp³-hybridized carbons (Fsp3) is 0.300. The monoisotopic (exact) mass is 497 g/mol. The molecule has 14 heteroatoms. The van der Waals surface area contributed by atoms with Crippen molar-refractivity contribution in [1.82, 2.24) is 20.0 Å². The van der Waals surface area contributed by atoms with Crippen LogP contribution in [0, 0.1) is 17.5 Å². The number of hydrogen-bond donors (Lipinski definition) is 4. The minimum absolute atomic E-state index is 0.0415. The predicted molar refractivity (Wildman–Crippen MR) is 111 cm³/mol. The van der Waals surface area contributed by atoms with Crippen LogP contribution >= 0.6 is 11.8 Å². The normalized spacial score (nSPS) is 24.8. The molecule has 2 aromatic heterocycles. The average Bonchev–Trinajstić information content (AvgIpc) is 3.29. The second-order valence-electron chi connectivity index (χ2n) is 7.40. The second-order valence-corrected chi connectivity index (χ2v) is 8.57. The summed E-state index contributed by atoms with van der Waals surface area (Å²) in [5, 5.41) is 38.9. The van der Waals surface area contributed by atoms with Crippen LogP contribution in [0.2, 0.25) is 0 Å². The number of benzene rings is 1. The van der Waals surface area contributed by atoms with Crippen LogP contribution in [0.5, 0.6) is 0 Å². The summed E-state index contributed by atoms with van der Waals surface area (Å²) in [5.74, 6) is -5.17. The lowest BCUT2D eigenvalue weighted by Crippen LogP contribution is -2.55. The number of halogens is 3. The summed E-state index contributed by atoms with van der Waals surface area (Å²) in [6.45, 7) is -0.587. The Hall–Kier alpha value is -3.04. The Bertz CT molecular complexity index is 1170. The van der Waals surface area contributed by atoms with Crippen molar-refractivity contribution in [3.05, 3.63) is 59.8 Å². The number of thioether (sulfide) groups is 1. The van der Waals surface area contributed by atoms with Gasteiger partial charge >= 0.3 is 0 Å². The summed E-state index contributed by atoms with van der Waals surface area (Å²) in [6.07, 6.45) is -1.37. The highest BCUT2D eigenvalue weighted by atomic mass is 32.2. The van der Waals surface area contributed by atoms with Gasteiger partial charge in [-0.2, -0.15) is 0 Å². The molecule has 5 N–H and O–H groups in total. The molecule has 1 aliphatic rings. The molecular formula is C20H18F3N5O5S. The Kier molecular flexibility index (Phi) is 6.86. The molecule has 3 heterocycles. The van der Waals surface area contributed by atoms with Crippen LogP contribution in [0.25, 0.3) is 11.3 Å². The van der Waals surface area contributed by atoms with Crippen molar-refractivity contribution in [3.63, 3.8) is 0 Å². The number of nitrogens with two attached hydrogens (primary N) is 1. The number of ether oxygens (including phenoxy) is 1. The molecule has 0 spiro atoms. The van der Waals surface area contributed by atoms with Gasteiger partial charge in [0.2, 0.25) is 0 Å². The van der Waals surface area contributed by atoms with Gasteiger partial charge < -0.3 is 25.8 Å². The van der Waals surface area contributed by atoms with Crippen LogP contribution in [-0.4, -0.2) is 71.6 Å². The lowest BCUT2D eigenvalue weighted by atomic mass is 9.97. The van der Waals surface area contributed by atoms with Crippen molar-refractivity contribution in [2.75, 3.05) is 6.61 Å². The molecule has 1 fully saturated rings. The van der Waals surface area contributed by atoms with E-state index in [0.717, 1.165) is 28.6 Å². The van der Waals surface area contributed by atoms with Gasteiger partial charge in [0, 0.05) is 16.7 Å². The molecule has 10 nitrogen and oxygen atoms in total. The lowest BCUT2D eigenvalue weighted by Gasteiger charge is -2.41. The quantitative estimate of drug-likeness (QED) is 0.359. The van der Waals surface area contributed by atoms with E-state index in [1.165, 1.54) is 24.5 Å². The van der Waals surface area contributed by atoms with E-state index in [0.29, 0.717) is 4.90 Å². The SMILES string of the molecule is NC(=O)c1ccc(SC2OC(CO)C(O)C(n3cc(-c4cc(F)c(F)c(F)c4)nn3)C2O)cn1. The second kappa shape index (κ2) is 9.68. The van der Waals surface area contributed by atoms with Gasteiger partial charge in [-0.05, 0) is 24.3 Å². The molecular weight excluding hydrogens is 479 g/mol. The lowest BCUT2D eigenvalue weighted by molar-refractivity contribution is -0.178. The van der Waals surface area contributed by atoms with Crippen molar-refractivity contribution >= 4 is 17.7 Å². The first-order valence-electron chi connectivity index (χ1n) is 9.81. The molecule has 34 heavy (non-hydrogen) atoms. The Balaban J connectivity index is 1.61. The van der Waals surface area contributed by atoms with Gasteiger partial charge in [-0.15, -0.1) is 5.10 Å². The van der Waals surface area contributed by atoms with Gasteiger partial charge in [-0.3, -0.25) is 4.79 Å². The molecule has 0 bridgehead atoms. The smallest absolute Gasteiger partial charge is 0.267 e. The predicted octanol–water partition coefficient (Wildman–Crippen LogP) is 0.629. The zero-order chi connectivity index (χ0) is 24.6. The molecule has 0 aliphatic carbocycles. The summed E-state index contributed by atoms with van der Waals surface area (Å²) >= 11 is 1.01. The van der Waals surface area contributed by atoms with E-state index in [1.54, 1.807) is 0 Å². The van der Waals surface area contributed by atoms with Crippen LogP contribution in [-0.2, 0) is 4.74 Å². The minimum Gasteiger partial charge on any atom is -0.394 e. The van der Waals surface area contributed by atoms with E-state index in [2.05, 4.69) is 15.3 Å². The number of nitrogens with zero attached hydrogens (tertiary/aromatic N) is 4. The van der Waals surface area contributed by atoms with Crippen LogP contribution in [0.15, 0.2) is 41.6 Å².